The summed E-state index contributed by atoms with van der Waals surface area (Å²) in [5.74, 6) is 0.605. The first-order chi connectivity index (χ1) is 12.1. The lowest BCUT2D eigenvalue weighted by Gasteiger charge is -2.28. The Morgan fingerprint density at radius 3 is 2.56 bits per heavy atom. The summed E-state index contributed by atoms with van der Waals surface area (Å²) in [5.41, 5.74) is 1.41. The zero-order valence-electron chi connectivity index (χ0n) is 15.8. The van der Waals surface area contributed by atoms with E-state index in [9.17, 15) is 9.59 Å². The summed E-state index contributed by atoms with van der Waals surface area (Å²) in [7, 11) is 0. The van der Waals surface area contributed by atoms with E-state index >= 15 is 0 Å². The van der Waals surface area contributed by atoms with Crippen LogP contribution in [0.1, 0.15) is 64.4 Å². The molecule has 1 unspecified atom stereocenters. The summed E-state index contributed by atoms with van der Waals surface area (Å²) in [5, 5.41) is 0. The molecule has 1 aliphatic rings. The van der Waals surface area contributed by atoms with E-state index in [2.05, 4.69) is 44.2 Å². The summed E-state index contributed by atoms with van der Waals surface area (Å²) in [4.78, 5) is 25.8. The van der Waals surface area contributed by atoms with Crippen molar-refractivity contribution >= 4 is 12.2 Å². The smallest absolute Gasteiger partial charge is 0.226 e. The van der Waals surface area contributed by atoms with Crippen LogP contribution in [0.2, 0.25) is 0 Å². The van der Waals surface area contributed by atoms with Crippen LogP contribution in [0.15, 0.2) is 30.3 Å². The van der Waals surface area contributed by atoms with E-state index in [1.807, 2.05) is 4.90 Å². The lowest BCUT2D eigenvalue weighted by Crippen LogP contribution is -2.41. The van der Waals surface area contributed by atoms with E-state index in [4.69, 9.17) is 0 Å². The first-order valence-corrected chi connectivity index (χ1v) is 9.93. The van der Waals surface area contributed by atoms with E-state index in [0.717, 1.165) is 44.9 Å². The van der Waals surface area contributed by atoms with Gasteiger partial charge in [-0.2, -0.15) is 0 Å². The molecule has 3 nitrogen and oxygen atoms in total. The van der Waals surface area contributed by atoms with Crippen molar-refractivity contribution in [2.75, 3.05) is 6.54 Å². The highest BCUT2D eigenvalue weighted by Gasteiger charge is 2.33. The van der Waals surface area contributed by atoms with Crippen molar-refractivity contribution in [3.63, 3.8) is 0 Å². The maximum atomic E-state index is 12.8. The van der Waals surface area contributed by atoms with Crippen LogP contribution in [0.25, 0.3) is 0 Å². The normalized spacial score (nSPS) is 18.5. The van der Waals surface area contributed by atoms with Crippen LogP contribution in [0.3, 0.4) is 0 Å². The van der Waals surface area contributed by atoms with E-state index < -0.39 is 0 Å². The number of aryl methyl sites for hydroxylation is 1. The number of unbranched alkanes of at least 4 members (excludes halogenated alkanes) is 3. The lowest BCUT2D eigenvalue weighted by atomic mass is 9.88. The van der Waals surface area contributed by atoms with Crippen LogP contribution < -0.4 is 0 Å². The van der Waals surface area contributed by atoms with Crippen LogP contribution in [-0.2, 0) is 16.0 Å². The molecule has 25 heavy (non-hydrogen) atoms. The SMILES string of the molecule is CC(C)C(CCCCCCc1ccccc1)C(=O)N1CCC[C@H]1C=O. The zero-order chi connectivity index (χ0) is 18.1. The molecule has 1 amide bonds. The molecule has 1 fully saturated rings. The van der Waals surface area contributed by atoms with Crippen molar-refractivity contribution in [3.8, 4) is 0 Å². The van der Waals surface area contributed by atoms with Gasteiger partial charge in [0.2, 0.25) is 5.91 Å². The van der Waals surface area contributed by atoms with E-state index in [0.29, 0.717) is 5.92 Å². The Kier molecular flexibility index (Phi) is 8.17. The number of carbonyl (C=O) groups is 2. The largest absolute Gasteiger partial charge is 0.333 e. The number of aldehydes is 1. The molecule has 1 aliphatic heterocycles. The number of benzene rings is 1. The van der Waals surface area contributed by atoms with Gasteiger partial charge in [-0.25, -0.2) is 0 Å². The van der Waals surface area contributed by atoms with Crippen molar-refractivity contribution in [1.29, 1.82) is 0 Å². The summed E-state index contributed by atoms with van der Waals surface area (Å²) in [6.45, 7) is 5.01. The Hall–Kier alpha value is -1.64. The quantitative estimate of drug-likeness (QED) is 0.458. The van der Waals surface area contributed by atoms with Crippen LogP contribution in [0.5, 0.6) is 0 Å². The third-order valence-corrected chi connectivity index (χ3v) is 5.43. The van der Waals surface area contributed by atoms with Crippen molar-refractivity contribution in [2.45, 2.75) is 71.3 Å². The molecule has 0 bridgehead atoms. The topological polar surface area (TPSA) is 37.4 Å². The number of nitrogens with zero attached hydrogens (tertiary/aromatic N) is 1. The van der Waals surface area contributed by atoms with E-state index in [1.165, 1.54) is 24.8 Å². The number of amides is 1. The molecule has 0 aliphatic carbocycles. The molecule has 3 heteroatoms. The highest BCUT2D eigenvalue weighted by molar-refractivity contribution is 5.82. The van der Waals surface area contributed by atoms with Gasteiger partial charge in [0.05, 0.1) is 6.04 Å². The Balaban J connectivity index is 1.70. The molecule has 2 atom stereocenters. The minimum absolute atomic E-state index is 0.0645. The molecule has 0 spiro atoms. The minimum Gasteiger partial charge on any atom is -0.333 e. The lowest BCUT2D eigenvalue weighted by molar-refractivity contribution is -0.140. The van der Waals surface area contributed by atoms with Gasteiger partial charge in [0, 0.05) is 12.5 Å². The molecule has 2 rings (SSSR count). The molecule has 0 radical (unpaired) electrons. The van der Waals surface area contributed by atoms with Gasteiger partial charge in [-0.15, -0.1) is 0 Å². The second-order valence-corrected chi connectivity index (χ2v) is 7.67. The van der Waals surface area contributed by atoms with Crippen molar-refractivity contribution in [2.24, 2.45) is 11.8 Å². The second-order valence-electron chi connectivity index (χ2n) is 7.67. The van der Waals surface area contributed by atoms with Gasteiger partial charge in [0.25, 0.3) is 0 Å². The fourth-order valence-electron chi connectivity index (χ4n) is 3.85. The molecule has 1 saturated heterocycles. The van der Waals surface area contributed by atoms with Crippen LogP contribution in [-0.4, -0.2) is 29.7 Å². The molecule has 1 heterocycles. The van der Waals surface area contributed by atoms with Gasteiger partial charge >= 0.3 is 0 Å². The number of rotatable bonds is 10. The standard InChI is InChI=1S/C22H33NO2/c1-18(2)21(22(25)23-16-10-14-20(23)17-24)15-9-4-3-6-11-19-12-7-5-8-13-19/h5,7-8,12-13,17-18,20-21H,3-4,6,9-11,14-16H2,1-2H3/t20-,21?/m0/s1. The maximum Gasteiger partial charge on any atom is 0.226 e. The van der Waals surface area contributed by atoms with Gasteiger partial charge in [-0.05, 0) is 43.6 Å². The summed E-state index contributed by atoms with van der Waals surface area (Å²) < 4.78 is 0. The van der Waals surface area contributed by atoms with Gasteiger partial charge in [-0.3, -0.25) is 4.79 Å². The summed E-state index contributed by atoms with van der Waals surface area (Å²) >= 11 is 0. The summed E-state index contributed by atoms with van der Waals surface area (Å²) in [6.07, 6.45) is 9.54. The van der Waals surface area contributed by atoms with Crippen molar-refractivity contribution in [3.05, 3.63) is 35.9 Å². The van der Waals surface area contributed by atoms with E-state index in [1.54, 1.807) is 0 Å². The second kappa shape index (κ2) is 10.4. The molecule has 0 saturated carbocycles. The number of likely N-dealkylation sites (tertiary alicyclic amines) is 1. The van der Waals surface area contributed by atoms with Crippen LogP contribution in [0.4, 0.5) is 0 Å². The predicted octanol–water partition coefficient (Wildman–Crippen LogP) is 4.64. The summed E-state index contributed by atoms with van der Waals surface area (Å²) in [6, 6.07) is 10.4. The molecular weight excluding hydrogens is 310 g/mol. The van der Waals surface area contributed by atoms with Gasteiger partial charge in [-0.1, -0.05) is 63.4 Å². The molecule has 138 valence electrons. The van der Waals surface area contributed by atoms with E-state index in [-0.39, 0.29) is 17.9 Å². The number of carbonyl (C=O) groups excluding carboxylic acids is 2. The van der Waals surface area contributed by atoms with Crippen molar-refractivity contribution in [1.82, 2.24) is 4.90 Å². The fourth-order valence-corrected chi connectivity index (χ4v) is 3.85. The van der Waals surface area contributed by atoms with Gasteiger partial charge in [0.15, 0.2) is 0 Å². The highest BCUT2D eigenvalue weighted by Crippen LogP contribution is 2.26. The van der Waals surface area contributed by atoms with Gasteiger partial charge < -0.3 is 9.69 Å². The number of hydrogen-bond donors (Lipinski definition) is 0. The molecule has 1 aromatic rings. The Labute approximate surface area is 152 Å². The third-order valence-electron chi connectivity index (χ3n) is 5.43. The molecule has 0 aromatic heterocycles. The average Bonchev–Trinajstić information content (AvgIpc) is 3.10. The van der Waals surface area contributed by atoms with Gasteiger partial charge in [0.1, 0.15) is 6.29 Å². The van der Waals surface area contributed by atoms with Crippen LogP contribution in [0, 0.1) is 11.8 Å². The van der Waals surface area contributed by atoms with Crippen LogP contribution >= 0.6 is 0 Å². The predicted molar refractivity (Wildman–Crippen MR) is 102 cm³/mol. The monoisotopic (exact) mass is 343 g/mol. The highest BCUT2D eigenvalue weighted by atomic mass is 16.2. The Morgan fingerprint density at radius 2 is 1.88 bits per heavy atom. The molecular formula is C22H33NO2. The first kappa shape index (κ1) is 19.7. The number of hydrogen-bond acceptors (Lipinski definition) is 2. The van der Waals surface area contributed by atoms with Crippen molar-refractivity contribution < 1.29 is 9.59 Å². The molecule has 1 aromatic carbocycles. The Bertz CT molecular complexity index is 526. The Morgan fingerprint density at radius 1 is 1.16 bits per heavy atom. The fraction of sp³-hybridized carbons (Fsp3) is 0.636. The minimum atomic E-state index is -0.181. The zero-order valence-corrected chi connectivity index (χ0v) is 15.8. The third kappa shape index (κ3) is 5.98. The average molecular weight is 344 g/mol. The molecule has 0 N–H and O–H groups in total. The first-order valence-electron chi connectivity index (χ1n) is 9.93. The maximum absolute atomic E-state index is 12.8.